The Balaban J connectivity index is 1.97. The van der Waals surface area contributed by atoms with E-state index in [1.165, 1.54) is 19.4 Å². The molecule has 3 aromatic rings. The van der Waals surface area contributed by atoms with Gasteiger partial charge in [-0.25, -0.2) is 9.78 Å². The van der Waals surface area contributed by atoms with Crippen molar-refractivity contribution in [2.24, 2.45) is 78.4 Å². The lowest BCUT2D eigenvalue weighted by molar-refractivity contribution is -0.143. The second-order valence-corrected chi connectivity index (χ2v) is 29.0. The lowest BCUT2D eigenvalue weighted by Crippen LogP contribution is -2.62. The SMILES string of the molecule is CC[C@H](C)[C@H](NC(=O)[C@H](CCCCN)NC(=O)[C@H](Cc1c[nH]c2ccccc12)NC(=O)[C@H](CCCN=C(N)N)NC(=O)[C@H](C)NC(=O)[C@H](CO)NC(=O)[C@H](CC(=O)O)NC(=O)[C@H](CCCCN)NC(=O)[C@H](Cc1cnc[nH]1)NC(=O)[C@H](CCCN=C(N)N)NC(=O)[C@@H](N)CC(C)C)C(=O)N[C@H](C(=O)N[C@@H](CCCN=C(N)N)C(=O)O)[C@@H](C)O. The van der Waals surface area contributed by atoms with Crippen molar-refractivity contribution in [1.29, 1.82) is 0 Å². The fourth-order valence-electron chi connectivity index (χ4n) is 12.0. The number of para-hydroxylation sites is 1. The third-order valence-corrected chi connectivity index (χ3v) is 18.7. The van der Waals surface area contributed by atoms with Gasteiger partial charge in [-0.15, -0.1) is 0 Å². The molecule has 118 heavy (non-hydrogen) atoms. The minimum absolute atomic E-state index is 0.00195. The molecular weight excluding hydrogens is 1540 g/mol. The fourth-order valence-corrected chi connectivity index (χ4v) is 12.0. The molecule has 0 fully saturated rings. The Bertz CT molecular complexity index is 3860. The fraction of sp³-hybridized carbons (Fsp3) is 0.616. The maximum absolute atomic E-state index is 15.0. The van der Waals surface area contributed by atoms with Crippen LogP contribution >= 0.6 is 0 Å². The van der Waals surface area contributed by atoms with Crippen LogP contribution in [0, 0.1) is 11.8 Å². The smallest absolute Gasteiger partial charge is 0.326 e. The summed E-state index contributed by atoms with van der Waals surface area (Å²) in [5, 5.41) is 71.9. The summed E-state index contributed by atoms with van der Waals surface area (Å²) < 4.78 is 0. The number of carboxylic acid groups (broad SMARTS) is 2. The summed E-state index contributed by atoms with van der Waals surface area (Å²) in [4.78, 5) is 217. The molecule has 45 heteroatoms. The number of aliphatic hydroxyl groups is 2. The highest BCUT2D eigenvalue weighted by atomic mass is 16.4. The molecule has 0 aliphatic carbocycles. The number of H-pyrrole nitrogens is 2. The van der Waals surface area contributed by atoms with Crippen LogP contribution in [0.5, 0.6) is 0 Å². The molecule has 0 aliphatic rings. The first-order valence-corrected chi connectivity index (χ1v) is 39.1. The van der Waals surface area contributed by atoms with Gasteiger partial charge in [0.2, 0.25) is 70.9 Å². The second-order valence-electron chi connectivity index (χ2n) is 29.0. The molecule has 1 aromatic carbocycles. The zero-order valence-corrected chi connectivity index (χ0v) is 67.5. The van der Waals surface area contributed by atoms with Crippen molar-refractivity contribution in [3.63, 3.8) is 0 Å². The maximum Gasteiger partial charge on any atom is 0.326 e. The van der Waals surface area contributed by atoms with Crippen LogP contribution in [0.1, 0.15) is 149 Å². The number of hydrogen-bond donors (Lipinski definition) is 27. The highest BCUT2D eigenvalue weighted by Crippen LogP contribution is 2.21. The predicted molar refractivity (Wildman–Crippen MR) is 434 cm³/mol. The Kier molecular flexibility index (Phi) is 44.8. The maximum atomic E-state index is 15.0. The van der Waals surface area contributed by atoms with Crippen molar-refractivity contribution in [2.75, 3.05) is 39.3 Å². The van der Waals surface area contributed by atoms with Gasteiger partial charge in [0.05, 0.1) is 31.5 Å². The quantitative estimate of drug-likeness (QED) is 0.0142. The normalized spacial score (nSPS) is 15.0. The van der Waals surface area contributed by atoms with Crippen LogP contribution in [-0.2, 0) is 80.0 Å². The Hall–Kier alpha value is -11.8. The molecule has 15 atom stereocenters. The molecule has 0 saturated heterocycles. The first-order valence-electron chi connectivity index (χ1n) is 39.1. The number of fused-ring (bicyclic) bond motifs is 1. The first-order chi connectivity index (χ1) is 55.8. The summed E-state index contributed by atoms with van der Waals surface area (Å²) in [7, 11) is 0. The number of unbranched alkanes of at least 4 members (excludes halogenated alkanes) is 2. The van der Waals surface area contributed by atoms with Crippen LogP contribution in [0.3, 0.4) is 0 Å². The number of benzene rings is 1. The summed E-state index contributed by atoms with van der Waals surface area (Å²) in [6.45, 7) is 8.44. The van der Waals surface area contributed by atoms with Gasteiger partial charge in [0, 0.05) is 61.5 Å². The molecule has 36 N–H and O–H groups in total. The monoisotopic (exact) mass is 1670 g/mol. The van der Waals surface area contributed by atoms with Gasteiger partial charge in [0.15, 0.2) is 17.9 Å². The third kappa shape index (κ3) is 36.5. The lowest BCUT2D eigenvalue weighted by Gasteiger charge is -2.30. The molecule has 0 aliphatic heterocycles. The van der Waals surface area contributed by atoms with E-state index in [1.807, 2.05) is 13.8 Å². The number of aliphatic carboxylic acids is 2. The van der Waals surface area contributed by atoms with Gasteiger partial charge >= 0.3 is 11.9 Å². The third-order valence-electron chi connectivity index (χ3n) is 18.7. The molecule has 0 saturated carbocycles. The minimum atomic E-state index is -2.03. The zero-order valence-electron chi connectivity index (χ0n) is 67.5. The summed E-state index contributed by atoms with van der Waals surface area (Å²) in [6.07, 6.45) is 2.19. The number of nitrogens with two attached hydrogens (primary N) is 9. The van der Waals surface area contributed by atoms with E-state index in [9.17, 15) is 82.8 Å². The molecule has 3 rings (SSSR count). The van der Waals surface area contributed by atoms with Gasteiger partial charge in [-0.1, -0.05) is 52.3 Å². The Morgan fingerprint density at radius 3 is 1.33 bits per heavy atom. The molecule has 0 unspecified atom stereocenters. The summed E-state index contributed by atoms with van der Waals surface area (Å²) in [5.41, 5.74) is 52.2. The predicted octanol–water partition coefficient (Wildman–Crippen LogP) is -7.72. The average molecular weight is 1670 g/mol. The van der Waals surface area contributed by atoms with Gasteiger partial charge in [0.25, 0.3) is 0 Å². The number of carbonyl (C=O) groups is 14. The van der Waals surface area contributed by atoms with E-state index in [0.717, 1.165) is 6.92 Å². The molecule has 0 radical (unpaired) electrons. The van der Waals surface area contributed by atoms with E-state index >= 15 is 4.79 Å². The average Bonchev–Trinajstić information content (AvgIpc) is 1.62. The van der Waals surface area contributed by atoms with Gasteiger partial charge < -0.3 is 146 Å². The number of amides is 12. The summed E-state index contributed by atoms with van der Waals surface area (Å²) in [5.74, 6) is -16.7. The molecular formula is C73H123N27O18. The number of aliphatic imine (C=N–C) groups is 3. The molecule has 0 spiro atoms. The van der Waals surface area contributed by atoms with E-state index < -0.39 is 186 Å². The van der Waals surface area contributed by atoms with Crippen LogP contribution in [0.15, 0.2) is 58.0 Å². The van der Waals surface area contributed by atoms with Crippen LogP contribution in [0.4, 0.5) is 0 Å². The van der Waals surface area contributed by atoms with Crippen molar-refractivity contribution in [3.8, 4) is 0 Å². The minimum Gasteiger partial charge on any atom is -0.481 e. The number of aromatic nitrogens is 3. The number of carboxylic acids is 2. The Morgan fingerprint density at radius 2 is 0.873 bits per heavy atom. The number of nitrogens with zero attached hydrogens (tertiary/aromatic N) is 4. The van der Waals surface area contributed by atoms with Gasteiger partial charge in [-0.05, 0) is 134 Å². The molecule has 2 heterocycles. The Morgan fingerprint density at radius 1 is 0.466 bits per heavy atom. The number of imidazole rings is 1. The van der Waals surface area contributed by atoms with Crippen molar-refractivity contribution >= 4 is 112 Å². The van der Waals surface area contributed by atoms with E-state index in [2.05, 4.69) is 93.7 Å². The van der Waals surface area contributed by atoms with E-state index in [1.54, 1.807) is 44.3 Å². The van der Waals surface area contributed by atoms with E-state index in [0.29, 0.717) is 35.0 Å². The first kappa shape index (κ1) is 100. The van der Waals surface area contributed by atoms with Crippen molar-refractivity contribution in [1.82, 2.24) is 78.8 Å². The number of guanidine groups is 3. The van der Waals surface area contributed by atoms with Crippen LogP contribution < -0.4 is 115 Å². The van der Waals surface area contributed by atoms with Gasteiger partial charge in [-0.3, -0.25) is 77.3 Å². The number of aliphatic hydroxyl groups excluding tert-OH is 2. The number of carbonyl (C=O) groups excluding carboxylic acids is 12. The van der Waals surface area contributed by atoms with Crippen molar-refractivity contribution < 1.29 is 87.5 Å². The van der Waals surface area contributed by atoms with Crippen molar-refractivity contribution in [2.45, 2.75) is 235 Å². The zero-order chi connectivity index (χ0) is 88.3. The van der Waals surface area contributed by atoms with Gasteiger partial charge in [-0.2, -0.15) is 0 Å². The lowest BCUT2D eigenvalue weighted by atomic mass is 9.96. The highest BCUT2D eigenvalue weighted by molar-refractivity contribution is 6.01. The van der Waals surface area contributed by atoms with Crippen LogP contribution in [0.2, 0.25) is 0 Å². The topological polar surface area (TPSA) is 780 Å². The molecule has 2 aromatic heterocycles. The second kappa shape index (κ2) is 52.7. The largest absolute Gasteiger partial charge is 0.481 e. The van der Waals surface area contributed by atoms with Crippen molar-refractivity contribution in [3.05, 3.63) is 54.2 Å². The highest BCUT2D eigenvalue weighted by Gasteiger charge is 2.39. The van der Waals surface area contributed by atoms with Gasteiger partial charge in [0.1, 0.15) is 72.5 Å². The van der Waals surface area contributed by atoms with E-state index in [-0.39, 0.29) is 146 Å². The van der Waals surface area contributed by atoms with Crippen LogP contribution in [-0.4, -0.2) is 260 Å². The Labute approximate surface area is 682 Å². The molecule has 45 nitrogen and oxygen atoms in total. The summed E-state index contributed by atoms with van der Waals surface area (Å²) >= 11 is 0. The number of rotatable bonds is 57. The molecule has 12 amide bonds. The standard InChI is InChI=1S/C73H123N27O18/c1-7-38(4)56(68(115)100-57(40(6)102)69(116)94-50(70(117)118)23-16-28-86-73(81)82)99-63(110)47(20-11-13-25-75)93-64(111)51(30-41-33-87-45-18-9-8-17-43(41)45)95-61(108)48(21-14-26-84-71(77)78)90-58(105)39(5)89-67(114)54(35-101)98-66(113)53(32-55(103)104)97-60(107)46(19-10-12-24-74)92-65(112)52(31-42-34-83-36-88-42)96-62(109)49(22-15-27-85-72(79)80)91-59(106)44(76)29-37(2)3/h8-9,17-18,33-34,36-40,44,46-54,56-57,87,101-102H,7,10-16,19-32,35,74-76H2,1-6H3,(H,83,88)(H,89,114)(H,90,105)(H,91,106)(H,92,112)(H,93,111)(H,94,116)(H,95,108)(H,96,109)(H,97,107)(H,98,113)(H,99,110)(H,100,115)(H,103,104)(H,117,118)(H4,77,78,84)(H4,79,80,85)(H4,81,82,86)/t38-,39-,40+,44-,46-,47-,48-,49-,50-,51-,52-,53-,54-,56-,57-/m0/s1. The number of hydrogen-bond acceptors (Lipinski definition) is 23. The number of aromatic amines is 2. The molecule has 658 valence electrons. The number of nitrogens with one attached hydrogen (secondary N) is 14. The van der Waals surface area contributed by atoms with Crippen LogP contribution in [0.25, 0.3) is 10.9 Å². The molecule has 0 bridgehead atoms. The summed E-state index contributed by atoms with van der Waals surface area (Å²) in [6, 6.07) is -13.4. The van der Waals surface area contributed by atoms with E-state index in [4.69, 9.17) is 51.6 Å².